The maximum Gasteiger partial charge on any atom is 0.225 e. The van der Waals surface area contributed by atoms with E-state index in [1.54, 1.807) is 6.92 Å². The van der Waals surface area contributed by atoms with Crippen molar-refractivity contribution in [2.45, 2.75) is 32.6 Å². The van der Waals surface area contributed by atoms with Crippen molar-refractivity contribution >= 4 is 11.8 Å². The molecule has 0 atom stereocenters. The van der Waals surface area contributed by atoms with E-state index in [1.807, 2.05) is 9.80 Å². The van der Waals surface area contributed by atoms with Gasteiger partial charge in [-0.25, -0.2) is 0 Å². The topological polar surface area (TPSA) is 40.6 Å². The number of nitrogens with zero attached hydrogens (tertiary/aromatic N) is 2. The Labute approximate surface area is 96.6 Å². The number of amides is 2. The van der Waals surface area contributed by atoms with Crippen LogP contribution < -0.4 is 0 Å². The van der Waals surface area contributed by atoms with Gasteiger partial charge in [0, 0.05) is 39.0 Å². The van der Waals surface area contributed by atoms with Gasteiger partial charge in [-0.1, -0.05) is 0 Å². The van der Waals surface area contributed by atoms with Gasteiger partial charge in [0.25, 0.3) is 0 Å². The summed E-state index contributed by atoms with van der Waals surface area (Å²) in [5.74, 6) is 0.612. The molecule has 2 amide bonds. The number of likely N-dealkylation sites (tertiary alicyclic amines) is 2. The van der Waals surface area contributed by atoms with Crippen LogP contribution >= 0.6 is 0 Å². The molecule has 0 bridgehead atoms. The van der Waals surface area contributed by atoms with Gasteiger partial charge in [0.15, 0.2) is 0 Å². The molecular formula is C12H20N2O2. The highest BCUT2D eigenvalue weighted by Gasteiger charge is 2.30. The molecule has 0 N–H and O–H groups in total. The zero-order chi connectivity index (χ0) is 11.5. The third-order valence-electron chi connectivity index (χ3n) is 3.71. The van der Waals surface area contributed by atoms with E-state index >= 15 is 0 Å². The number of hydrogen-bond acceptors (Lipinski definition) is 2. The van der Waals surface area contributed by atoms with Crippen LogP contribution in [0.2, 0.25) is 0 Å². The van der Waals surface area contributed by atoms with Crippen molar-refractivity contribution in [3.63, 3.8) is 0 Å². The van der Waals surface area contributed by atoms with Gasteiger partial charge in [-0.3, -0.25) is 9.59 Å². The Balaban J connectivity index is 1.84. The second kappa shape index (κ2) is 4.85. The van der Waals surface area contributed by atoms with Crippen LogP contribution in [0.15, 0.2) is 0 Å². The van der Waals surface area contributed by atoms with E-state index in [9.17, 15) is 9.59 Å². The lowest BCUT2D eigenvalue weighted by Gasteiger charge is -2.32. The van der Waals surface area contributed by atoms with Gasteiger partial charge in [-0.05, 0) is 25.7 Å². The summed E-state index contributed by atoms with van der Waals surface area (Å²) < 4.78 is 0. The van der Waals surface area contributed by atoms with Gasteiger partial charge >= 0.3 is 0 Å². The fourth-order valence-electron chi connectivity index (χ4n) is 2.64. The number of carbonyl (C=O) groups is 2. The second-order valence-electron chi connectivity index (χ2n) is 4.81. The molecule has 2 heterocycles. The summed E-state index contributed by atoms with van der Waals surface area (Å²) in [6.45, 7) is 4.97. The standard InChI is InChI=1S/C12H20N2O2/c1-10(15)13-8-4-11(5-9-13)12(16)14-6-2-3-7-14/h11H,2-9H2,1H3. The van der Waals surface area contributed by atoms with E-state index in [4.69, 9.17) is 0 Å². The molecule has 0 saturated carbocycles. The lowest BCUT2D eigenvalue weighted by Crippen LogP contribution is -2.43. The van der Waals surface area contributed by atoms with E-state index < -0.39 is 0 Å². The Kier molecular flexibility index (Phi) is 3.46. The fourth-order valence-corrected chi connectivity index (χ4v) is 2.64. The molecule has 2 fully saturated rings. The van der Waals surface area contributed by atoms with Crippen LogP contribution in [0, 0.1) is 5.92 Å². The SMILES string of the molecule is CC(=O)N1CCC(C(=O)N2CCCC2)CC1. The van der Waals surface area contributed by atoms with Crippen LogP contribution in [-0.4, -0.2) is 47.8 Å². The van der Waals surface area contributed by atoms with Crippen LogP contribution in [0.4, 0.5) is 0 Å². The van der Waals surface area contributed by atoms with Crippen molar-refractivity contribution in [3.8, 4) is 0 Å². The van der Waals surface area contributed by atoms with Gasteiger partial charge in [0.05, 0.1) is 0 Å². The molecular weight excluding hydrogens is 204 g/mol. The predicted octanol–water partition coefficient (Wildman–Crippen LogP) is 0.867. The van der Waals surface area contributed by atoms with Crippen LogP contribution in [0.3, 0.4) is 0 Å². The lowest BCUT2D eigenvalue weighted by atomic mass is 9.95. The van der Waals surface area contributed by atoms with Crippen molar-refractivity contribution in [2.24, 2.45) is 5.92 Å². The summed E-state index contributed by atoms with van der Waals surface area (Å²) >= 11 is 0. The first-order valence-electron chi connectivity index (χ1n) is 6.23. The van der Waals surface area contributed by atoms with E-state index in [2.05, 4.69) is 0 Å². The Bertz CT molecular complexity index is 277. The minimum atomic E-state index is 0.132. The summed E-state index contributed by atoms with van der Waals surface area (Å²) in [6.07, 6.45) is 3.99. The van der Waals surface area contributed by atoms with Crippen molar-refractivity contribution in [1.29, 1.82) is 0 Å². The van der Waals surface area contributed by atoms with Gasteiger partial charge in [-0.2, -0.15) is 0 Å². The first-order chi connectivity index (χ1) is 7.68. The minimum absolute atomic E-state index is 0.132. The third-order valence-corrected chi connectivity index (χ3v) is 3.71. The van der Waals surface area contributed by atoms with Crippen LogP contribution in [0.25, 0.3) is 0 Å². The molecule has 0 spiro atoms. The average Bonchev–Trinajstić information content (AvgIpc) is 2.81. The molecule has 0 aliphatic carbocycles. The predicted molar refractivity (Wildman–Crippen MR) is 60.8 cm³/mol. The van der Waals surface area contributed by atoms with Gasteiger partial charge in [-0.15, -0.1) is 0 Å². The second-order valence-corrected chi connectivity index (χ2v) is 4.81. The number of hydrogen-bond donors (Lipinski definition) is 0. The summed E-state index contributed by atoms with van der Waals surface area (Å²) in [6, 6.07) is 0. The van der Waals surface area contributed by atoms with Crippen molar-refractivity contribution < 1.29 is 9.59 Å². The summed E-state index contributed by atoms with van der Waals surface area (Å²) in [7, 11) is 0. The van der Waals surface area contributed by atoms with Crippen LogP contribution in [-0.2, 0) is 9.59 Å². The first-order valence-corrected chi connectivity index (χ1v) is 6.23. The first kappa shape index (κ1) is 11.4. The third kappa shape index (κ3) is 2.36. The highest BCUT2D eigenvalue weighted by atomic mass is 16.2. The average molecular weight is 224 g/mol. The molecule has 2 aliphatic rings. The van der Waals surface area contributed by atoms with Crippen LogP contribution in [0.1, 0.15) is 32.6 Å². The largest absolute Gasteiger partial charge is 0.343 e. The molecule has 16 heavy (non-hydrogen) atoms. The minimum Gasteiger partial charge on any atom is -0.343 e. The van der Waals surface area contributed by atoms with Gasteiger partial charge < -0.3 is 9.80 Å². The van der Waals surface area contributed by atoms with Gasteiger partial charge in [0.2, 0.25) is 11.8 Å². The maximum absolute atomic E-state index is 12.1. The molecule has 0 unspecified atom stereocenters. The molecule has 0 aromatic heterocycles. The van der Waals surface area contributed by atoms with Crippen LogP contribution in [0.5, 0.6) is 0 Å². The number of piperidine rings is 1. The number of carbonyl (C=O) groups excluding carboxylic acids is 2. The normalized spacial score (nSPS) is 22.6. The van der Waals surface area contributed by atoms with Crippen molar-refractivity contribution in [3.05, 3.63) is 0 Å². The zero-order valence-corrected chi connectivity index (χ0v) is 9.95. The summed E-state index contributed by atoms with van der Waals surface area (Å²) in [5.41, 5.74) is 0. The molecule has 0 aromatic carbocycles. The Morgan fingerprint density at radius 1 is 0.938 bits per heavy atom. The van der Waals surface area contributed by atoms with E-state index in [1.165, 1.54) is 0 Å². The van der Waals surface area contributed by atoms with Gasteiger partial charge in [0.1, 0.15) is 0 Å². The quantitative estimate of drug-likeness (QED) is 0.663. The Hall–Kier alpha value is -1.06. The highest BCUT2D eigenvalue weighted by molar-refractivity contribution is 5.80. The monoisotopic (exact) mass is 224 g/mol. The van der Waals surface area contributed by atoms with E-state index in [0.717, 1.165) is 51.9 Å². The number of rotatable bonds is 1. The summed E-state index contributed by atoms with van der Waals surface area (Å²) in [5, 5.41) is 0. The molecule has 0 aromatic rings. The maximum atomic E-state index is 12.1. The molecule has 2 rings (SSSR count). The van der Waals surface area contributed by atoms with E-state index in [0.29, 0.717) is 5.91 Å². The highest BCUT2D eigenvalue weighted by Crippen LogP contribution is 2.21. The molecule has 0 radical (unpaired) electrons. The molecule has 4 heteroatoms. The lowest BCUT2D eigenvalue weighted by molar-refractivity contribution is -0.139. The molecule has 4 nitrogen and oxygen atoms in total. The molecule has 2 saturated heterocycles. The van der Waals surface area contributed by atoms with E-state index in [-0.39, 0.29) is 11.8 Å². The van der Waals surface area contributed by atoms with Crippen molar-refractivity contribution in [2.75, 3.05) is 26.2 Å². The molecule has 90 valence electrons. The fraction of sp³-hybridized carbons (Fsp3) is 0.833. The zero-order valence-electron chi connectivity index (χ0n) is 9.95. The Morgan fingerprint density at radius 3 is 2.00 bits per heavy atom. The van der Waals surface area contributed by atoms with Crippen molar-refractivity contribution in [1.82, 2.24) is 9.80 Å². The Morgan fingerprint density at radius 2 is 1.50 bits per heavy atom. The smallest absolute Gasteiger partial charge is 0.225 e. The molecule has 2 aliphatic heterocycles. The summed E-state index contributed by atoms with van der Waals surface area (Å²) in [4.78, 5) is 27.1.